The quantitative estimate of drug-likeness (QED) is 0.765. The van der Waals surface area contributed by atoms with Crippen molar-refractivity contribution in [2.75, 3.05) is 0 Å². The Morgan fingerprint density at radius 1 is 1.27 bits per heavy atom. The summed E-state index contributed by atoms with van der Waals surface area (Å²) in [6, 6.07) is 9.16. The molecule has 0 spiro atoms. The van der Waals surface area contributed by atoms with E-state index in [1.807, 2.05) is 55.8 Å². The molecule has 0 bridgehead atoms. The van der Waals surface area contributed by atoms with Gasteiger partial charge in [0.1, 0.15) is 21.9 Å². The van der Waals surface area contributed by atoms with Crippen LogP contribution in [0.1, 0.15) is 30.7 Å². The number of imidazole rings is 1. The number of sulfonamides is 1. The largest absolute Gasteiger partial charge is 0.486 e. The van der Waals surface area contributed by atoms with Gasteiger partial charge in [0.25, 0.3) is 0 Å². The minimum atomic E-state index is -3.71. The highest BCUT2D eigenvalue weighted by Crippen LogP contribution is 2.39. The summed E-state index contributed by atoms with van der Waals surface area (Å²) in [5, 5.41) is 0. The van der Waals surface area contributed by atoms with E-state index in [-0.39, 0.29) is 11.4 Å². The number of rotatable bonds is 4. The first-order valence-corrected chi connectivity index (χ1v) is 9.97. The lowest BCUT2D eigenvalue weighted by Crippen LogP contribution is -2.26. The zero-order valence-electron chi connectivity index (χ0n) is 15.0. The number of para-hydroxylation sites is 1. The van der Waals surface area contributed by atoms with Crippen LogP contribution in [-0.2, 0) is 23.0 Å². The Balaban J connectivity index is 1.61. The molecule has 136 valence electrons. The van der Waals surface area contributed by atoms with Crippen molar-refractivity contribution >= 4 is 15.7 Å². The van der Waals surface area contributed by atoms with Gasteiger partial charge in [0, 0.05) is 18.8 Å². The normalized spacial score (nSPS) is 15.8. The second kappa shape index (κ2) is 5.82. The molecule has 0 saturated carbocycles. The molecule has 1 N–H and O–H groups in total. The predicted molar refractivity (Wildman–Crippen MR) is 98.8 cm³/mol. The van der Waals surface area contributed by atoms with Crippen LogP contribution < -0.4 is 9.46 Å². The van der Waals surface area contributed by atoms with Crippen LogP contribution in [0, 0.1) is 6.92 Å². The Hall–Kier alpha value is -2.38. The number of aromatic nitrogens is 2. The number of pyridine rings is 1. The molecular weight excluding hydrogens is 350 g/mol. The number of ether oxygens (including phenoxy) is 1. The summed E-state index contributed by atoms with van der Waals surface area (Å²) < 4.78 is 36.1. The maximum Gasteiger partial charge on any atom is 0.244 e. The highest BCUT2D eigenvalue weighted by Gasteiger charge is 2.34. The Kier molecular flexibility index (Phi) is 3.82. The smallest absolute Gasteiger partial charge is 0.244 e. The van der Waals surface area contributed by atoms with Crippen molar-refractivity contribution in [2.24, 2.45) is 0 Å². The lowest BCUT2D eigenvalue weighted by molar-refractivity contribution is 0.135. The van der Waals surface area contributed by atoms with E-state index in [4.69, 9.17) is 4.74 Å². The topological polar surface area (TPSA) is 72.7 Å². The zero-order chi connectivity index (χ0) is 18.5. The van der Waals surface area contributed by atoms with Crippen LogP contribution in [0.5, 0.6) is 5.75 Å². The molecule has 3 aromatic rings. The predicted octanol–water partition coefficient (Wildman–Crippen LogP) is 2.83. The molecule has 26 heavy (non-hydrogen) atoms. The third-order valence-corrected chi connectivity index (χ3v) is 5.94. The number of fused-ring (bicyclic) bond motifs is 2. The summed E-state index contributed by atoms with van der Waals surface area (Å²) in [5.74, 6) is 0.454. The number of aryl methyl sites for hydroxylation is 1. The highest BCUT2D eigenvalue weighted by atomic mass is 32.2. The fraction of sp³-hybridized carbons (Fsp3) is 0.316. The second-order valence-corrected chi connectivity index (χ2v) is 9.00. The van der Waals surface area contributed by atoms with E-state index >= 15 is 0 Å². The molecule has 7 heteroatoms. The van der Waals surface area contributed by atoms with Gasteiger partial charge in [-0.1, -0.05) is 18.2 Å². The summed E-state index contributed by atoms with van der Waals surface area (Å²) in [6.45, 7) is 6.00. The molecular formula is C19H21N3O3S. The van der Waals surface area contributed by atoms with Crippen molar-refractivity contribution < 1.29 is 13.2 Å². The molecule has 0 fully saturated rings. The van der Waals surface area contributed by atoms with E-state index in [0.717, 1.165) is 16.8 Å². The van der Waals surface area contributed by atoms with Gasteiger partial charge in [-0.25, -0.2) is 18.1 Å². The Morgan fingerprint density at radius 2 is 2.08 bits per heavy atom. The molecule has 1 aromatic carbocycles. The van der Waals surface area contributed by atoms with Crippen LogP contribution in [0.4, 0.5) is 0 Å². The maximum atomic E-state index is 12.8. The van der Waals surface area contributed by atoms with Crippen LogP contribution in [0.2, 0.25) is 0 Å². The van der Waals surface area contributed by atoms with Crippen LogP contribution in [-0.4, -0.2) is 23.4 Å². The van der Waals surface area contributed by atoms with E-state index < -0.39 is 15.6 Å². The molecule has 2 aromatic heterocycles. The fourth-order valence-electron chi connectivity index (χ4n) is 3.34. The average Bonchev–Trinajstić information content (AvgIpc) is 3.12. The summed E-state index contributed by atoms with van der Waals surface area (Å²) in [5.41, 5.74) is 3.05. The van der Waals surface area contributed by atoms with Crippen LogP contribution >= 0.6 is 0 Å². The first-order valence-electron chi connectivity index (χ1n) is 8.49. The molecule has 6 nitrogen and oxygen atoms in total. The maximum absolute atomic E-state index is 12.8. The van der Waals surface area contributed by atoms with Crippen molar-refractivity contribution in [1.82, 2.24) is 14.1 Å². The molecule has 0 atom stereocenters. The number of hydrogen-bond acceptors (Lipinski definition) is 4. The van der Waals surface area contributed by atoms with E-state index in [1.54, 1.807) is 12.1 Å². The third-order valence-electron chi connectivity index (χ3n) is 4.52. The number of nitrogens with zero attached hydrogens (tertiary/aromatic N) is 2. The molecule has 0 amide bonds. The van der Waals surface area contributed by atoms with Crippen molar-refractivity contribution in [1.29, 1.82) is 0 Å². The summed E-state index contributed by atoms with van der Waals surface area (Å²) in [6.07, 6.45) is 4.42. The van der Waals surface area contributed by atoms with E-state index in [2.05, 4.69) is 9.71 Å². The monoisotopic (exact) mass is 371 g/mol. The van der Waals surface area contributed by atoms with E-state index in [9.17, 15) is 8.42 Å². The number of hydrogen-bond donors (Lipinski definition) is 1. The number of nitrogens with one attached hydrogen (secondary N) is 1. The standard InChI is InChI=1S/C19H21N3O3S/c1-13-6-5-9-22-12-15(21-18(13)22)11-20-26(23,24)16-8-4-7-14-10-19(2,3)25-17(14)16/h4-9,12,20H,10-11H2,1-3H3. The van der Waals surface area contributed by atoms with Crippen molar-refractivity contribution in [3.8, 4) is 5.75 Å². The van der Waals surface area contributed by atoms with Crippen LogP contribution in [0.25, 0.3) is 5.65 Å². The SMILES string of the molecule is Cc1cccn2cc(CNS(=O)(=O)c3cccc4c3OC(C)(C)C4)nc12. The first-order chi connectivity index (χ1) is 12.3. The number of benzene rings is 1. The van der Waals surface area contributed by atoms with Gasteiger partial charge in [-0.05, 0) is 44.0 Å². The van der Waals surface area contributed by atoms with Gasteiger partial charge in [-0.15, -0.1) is 0 Å². The van der Waals surface area contributed by atoms with E-state index in [1.165, 1.54) is 0 Å². The zero-order valence-corrected chi connectivity index (χ0v) is 15.8. The summed E-state index contributed by atoms with van der Waals surface area (Å²) >= 11 is 0. The van der Waals surface area contributed by atoms with Gasteiger partial charge in [0.2, 0.25) is 10.0 Å². The fourth-order valence-corrected chi connectivity index (χ4v) is 4.50. The van der Waals surface area contributed by atoms with Crippen molar-refractivity contribution in [2.45, 2.75) is 44.2 Å². The summed E-state index contributed by atoms with van der Waals surface area (Å²) in [4.78, 5) is 4.69. The van der Waals surface area contributed by atoms with Gasteiger partial charge in [-0.2, -0.15) is 0 Å². The molecule has 1 aliphatic rings. The first kappa shape index (κ1) is 17.1. The Morgan fingerprint density at radius 3 is 2.85 bits per heavy atom. The Labute approximate surface area is 152 Å². The molecule has 3 heterocycles. The molecule has 1 aliphatic heterocycles. The molecule has 4 rings (SSSR count). The molecule has 0 unspecified atom stereocenters. The van der Waals surface area contributed by atoms with Gasteiger partial charge in [-0.3, -0.25) is 0 Å². The van der Waals surface area contributed by atoms with E-state index in [0.29, 0.717) is 17.9 Å². The lowest BCUT2D eigenvalue weighted by atomic mass is 10.0. The van der Waals surface area contributed by atoms with Gasteiger partial charge < -0.3 is 9.14 Å². The van der Waals surface area contributed by atoms with Crippen molar-refractivity contribution in [3.05, 3.63) is 59.5 Å². The third kappa shape index (κ3) is 2.97. The molecule has 0 saturated heterocycles. The Bertz CT molecular complexity index is 1100. The minimum absolute atomic E-state index is 0.122. The van der Waals surface area contributed by atoms with Gasteiger partial charge in [0.15, 0.2) is 0 Å². The average molecular weight is 371 g/mol. The lowest BCUT2D eigenvalue weighted by Gasteiger charge is -2.18. The highest BCUT2D eigenvalue weighted by molar-refractivity contribution is 7.89. The van der Waals surface area contributed by atoms with Gasteiger partial charge in [0.05, 0.1) is 12.2 Å². The minimum Gasteiger partial charge on any atom is -0.486 e. The molecule has 0 radical (unpaired) electrons. The van der Waals surface area contributed by atoms with Crippen molar-refractivity contribution in [3.63, 3.8) is 0 Å². The van der Waals surface area contributed by atoms with Gasteiger partial charge >= 0.3 is 0 Å². The second-order valence-electron chi connectivity index (χ2n) is 7.26. The summed E-state index contributed by atoms with van der Waals surface area (Å²) in [7, 11) is -3.71. The molecule has 0 aliphatic carbocycles. The van der Waals surface area contributed by atoms with Crippen LogP contribution in [0.15, 0.2) is 47.6 Å². The van der Waals surface area contributed by atoms with Crippen LogP contribution in [0.3, 0.4) is 0 Å².